The molecule has 1 saturated heterocycles. The van der Waals surface area contributed by atoms with Gasteiger partial charge >= 0.3 is 0 Å². The molecule has 6 heteroatoms. The number of benzene rings is 1. The van der Waals surface area contributed by atoms with Gasteiger partial charge in [0.15, 0.2) is 0 Å². The topological polar surface area (TPSA) is 39.9 Å². The lowest BCUT2D eigenvalue weighted by Crippen LogP contribution is -2.51. The van der Waals surface area contributed by atoms with E-state index in [0.29, 0.717) is 0 Å². The van der Waals surface area contributed by atoms with Crippen molar-refractivity contribution in [2.45, 2.75) is 34.6 Å². The summed E-state index contributed by atoms with van der Waals surface area (Å²) in [6.45, 7) is 15.0. The highest BCUT2D eigenvalue weighted by atomic mass is 15.5. The van der Waals surface area contributed by atoms with Crippen molar-refractivity contribution in [2.75, 3.05) is 44.8 Å². The number of nitrogens with zero attached hydrogens (tertiary/aromatic N) is 6. The molecule has 0 unspecified atom stereocenters. The number of rotatable bonds is 4. The Morgan fingerprint density at radius 3 is 2.31 bits per heavy atom. The van der Waals surface area contributed by atoms with Crippen LogP contribution in [0.1, 0.15) is 33.4 Å². The van der Waals surface area contributed by atoms with E-state index in [1.165, 1.54) is 5.69 Å². The molecular weight excluding hydrogens is 360 g/mol. The van der Waals surface area contributed by atoms with Crippen LogP contribution in [0.5, 0.6) is 0 Å². The summed E-state index contributed by atoms with van der Waals surface area (Å²) in [7, 11) is 2.09. The second-order valence-corrected chi connectivity index (χ2v) is 7.02. The van der Waals surface area contributed by atoms with Gasteiger partial charge in [-0.15, -0.1) is 0 Å². The number of para-hydroxylation sites is 1. The predicted octanol–water partition coefficient (Wildman–Crippen LogP) is 4.06. The molecule has 0 N–H and O–H groups in total. The molecule has 6 nitrogen and oxygen atoms in total. The fourth-order valence-electron chi connectivity index (χ4n) is 3.21. The van der Waals surface area contributed by atoms with E-state index >= 15 is 0 Å². The average molecular weight is 397 g/mol. The maximum atomic E-state index is 4.77. The molecule has 1 aliphatic heterocycles. The molecule has 3 rings (SSSR count). The van der Waals surface area contributed by atoms with E-state index in [4.69, 9.17) is 4.99 Å². The maximum Gasteiger partial charge on any atom is 0.227 e. The monoisotopic (exact) mass is 396 g/mol. The molecule has 158 valence electrons. The number of allylic oxidation sites excluding steroid dienone is 2. The second kappa shape index (κ2) is 11.4. The van der Waals surface area contributed by atoms with Gasteiger partial charge in [-0.05, 0) is 39.0 Å². The fraction of sp³-hybridized carbons (Fsp3) is 0.478. The van der Waals surface area contributed by atoms with Gasteiger partial charge in [-0.2, -0.15) is 5.10 Å². The van der Waals surface area contributed by atoms with Crippen LogP contribution in [0, 0.1) is 6.92 Å². The van der Waals surface area contributed by atoms with Gasteiger partial charge in [0.05, 0.1) is 12.4 Å². The Hall–Kier alpha value is -2.60. The minimum Gasteiger partial charge on any atom is -0.369 e. The Morgan fingerprint density at radius 1 is 1.10 bits per heavy atom. The third kappa shape index (κ3) is 6.46. The van der Waals surface area contributed by atoms with Crippen molar-refractivity contribution in [1.29, 1.82) is 0 Å². The molecule has 0 atom stereocenters. The Bertz CT molecular complexity index is 785. The van der Waals surface area contributed by atoms with Gasteiger partial charge in [-0.25, -0.2) is 9.67 Å². The molecule has 2 aromatic rings. The van der Waals surface area contributed by atoms with Gasteiger partial charge in [-0.3, -0.25) is 4.90 Å². The van der Waals surface area contributed by atoms with Crippen LogP contribution in [0.3, 0.4) is 0 Å². The zero-order valence-electron chi connectivity index (χ0n) is 18.8. The molecule has 1 aromatic heterocycles. The molecule has 1 aliphatic rings. The summed E-state index contributed by atoms with van der Waals surface area (Å²) in [6, 6.07) is 12.7. The zero-order valence-corrected chi connectivity index (χ0v) is 18.8. The number of hydrogen-bond donors (Lipinski definition) is 0. The summed E-state index contributed by atoms with van der Waals surface area (Å²) < 4.78 is 1.86. The van der Waals surface area contributed by atoms with E-state index in [2.05, 4.69) is 57.2 Å². The highest BCUT2D eigenvalue weighted by Gasteiger charge is 2.20. The van der Waals surface area contributed by atoms with Crippen molar-refractivity contribution in [3.8, 4) is 0 Å². The zero-order chi connectivity index (χ0) is 21.2. The Balaban J connectivity index is 0.00000145. The second-order valence-electron chi connectivity index (χ2n) is 7.02. The first-order valence-corrected chi connectivity index (χ1v) is 10.5. The minimum absolute atomic E-state index is 0.831. The quantitative estimate of drug-likeness (QED) is 0.577. The molecular formula is C23H36N6. The maximum absolute atomic E-state index is 4.77. The average Bonchev–Trinajstić information content (AvgIpc) is 3.20. The fourth-order valence-corrected chi connectivity index (χ4v) is 3.21. The smallest absolute Gasteiger partial charge is 0.227 e. The molecule has 0 radical (unpaired) electrons. The van der Waals surface area contributed by atoms with Gasteiger partial charge in [0.1, 0.15) is 0 Å². The van der Waals surface area contributed by atoms with E-state index in [1.54, 1.807) is 0 Å². The highest BCUT2D eigenvalue weighted by Crippen LogP contribution is 2.15. The molecule has 0 aliphatic carbocycles. The summed E-state index contributed by atoms with van der Waals surface area (Å²) in [5, 5.41) is 4.55. The van der Waals surface area contributed by atoms with Crippen LogP contribution < -0.4 is 4.90 Å². The van der Waals surface area contributed by atoms with Gasteiger partial charge in [-0.1, -0.05) is 38.1 Å². The molecule has 1 aromatic carbocycles. The molecule has 0 saturated carbocycles. The summed E-state index contributed by atoms with van der Waals surface area (Å²) >= 11 is 0. The predicted molar refractivity (Wildman–Crippen MR) is 123 cm³/mol. The van der Waals surface area contributed by atoms with E-state index in [9.17, 15) is 0 Å². The number of hydrogen-bond acceptors (Lipinski definition) is 4. The van der Waals surface area contributed by atoms with Crippen molar-refractivity contribution in [3.63, 3.8) is 0 Å². The van der Waals surface area contributed by atoms with Crippen LogP contribution in [0.25, 0.3) is 0 Å². The molecule has 0 bridgehead atoms. The number of aromatic nitrogens is 2. The third-order valence-corrected chi connectivity index (χ3v) is 4.87. The van der Waals surface area contributed by atoms with Gasteiger partial charge < -0.3 is 9.80 Å². The number of piperazine rings is 1. The van der Waals surface area contributed by atoms with E-state index < -0.39 is 0 Å². The summed E-state index contributed by atoms with van der Waals surface area (Å²) in [4.78, 5) is 11.9. The van der Waals surface area contributed by atoms with Crippen molar-refractivity contribution in [3.05, 3.63) is 60.1 Å². The molecule has 29 heavy (non-hydrogen) atoms. The highest BCUT2D eigenvalue weighted by molar-refractivity contribution is 5.82. The molecule has 0 spiro atoms. The number of aryl methyl sites for hydroxylation is 1. The Morgan fingerprint density at radius 2 is 1.76 bits per heavy atom. The summed E-state index contributed by atoms with van der Waals surface area (Å²) in [6.07, 6.45) is 3.99. The van der Waals surface area contributed by atoms with Crippen molar-refractivity contribution in [2.24, 2.45) is 4.99 Å². The van der Waals surface area contributed by atoms with Gasteiger partial charge in [0.2, 0.25) is 5.96 Å². The van der Waals surface area contributed by atoms with Crippen molar-refractivity contribution >= 4 is 11.6 Å². The molecule has 1 fully saturated rings. The van der Waals surface area contributed by atoms with E-state index in [-0.39, 0.29) is 0 Å². The first-order chi connectivity index (χ1) is 14.1. The summed E-state index contributed by atoms with van der Waals surface area (Å²) in [5.74, 6) is 0.851. The number of anilines is 1. The SMILES string of the molecule is C/C=C(/C)N=C(N(C)CN1CCN(c2ccccc2)CC1)n1ccc(C)n1.CC. The normalized spacial score (nSPS) is 15.7. The Labute approximate surface area is 176 Å². The van der Waals surface area contributed by atoms with Gasteiger partial charge in [0, 0.05) is 50.8 Å². The van der Waals surface area contributed by atoms with Crippen LogP contribution in [-0.4, -0.2) is 65.4 Å². The third-order valence-electron chi connectivity index (χ3n) is 4.87. The largest absolute Gasteiger partial charge is 0.369 e. The lowest BCUT2D eigenvalue weighted by atomic mass is 10.2. The van der Waals surface area contributed by atoms with Crippen LogP contribution in [0.15, 0.2) is 59.4 Å². The lowest BCUT2D eigenvalue weighted by molar-refractivity contribution is 0.190. The molecule has 0 amide bonds. The first-order valence-electron chi connectivity index (χ1n) is 10.5. The summed E-state index contributed by atoms with van der Waals surface area (Å²) in [5.41, 5.74) is 3.29. The Kier molecular flexibility index (Phi) is 8.93. The van der Waals surface area contributed by atoms with E-state index in [1.807, 2.05) is 57.6 Å². The van der Waals surface area contributed by atoms with Crippen LogP contribution >= 0.6 is 0 Å². The van der Waals surface area contributed by atoms with Crippen LogP contribution in [-0.2, 0) is 0 Å². The standard InChI is InChI=1S/C21H30N6.C2H6/c1-5-18(2)22-21(27-12-11-19(3)23-27)24(4)17-25-13-15-26(16-14-25)20-9-7-6-8-10-20;1-2/h5-12H,13-17H2,1-4H3;1-2H3/b18-5-,22-21?;. The number of aliphatic imine (C=N–C) groups is 1. The minimum atomic E-state index is 0.831. The first kappa shape index (κ1) is 22.7. The van der Waals surface area contributed by atoms with Gasteiger partial charge in [0.25, 0.3) is 0 Å². The van der Waals surface area contributed by atoms with Crippen LogP contribution in [0.2, 0.25) is 0 Å². The van der Waals surface area contributed by atoms with Crippen molar-refractivity contribution < 1.29 is 0 Å². The lowest BCUT2D eigenvalue weighted by Gasteiger charge is -2.38. The van der Waals surface area contributed by atoms with E-state index in [0.717, 1.165) is 50.2 Å². The molecule has 2 heterocycles. The van der Waals surface area contributed by atoms with Crippen LogP contribution in [0.4, 0.5) is 5.69 Å². The van der Waals surface area contributed by atoms with Crippen molar-refractivity contribution in [1.82, 2.24) is 19.6 Å².